The van der Waals surface area contributed by atoms with Crippen molar-refractivity contribution in [3.05, 3.63) is 113 Å². The van der Waals surface area contributed by atoms with Crippen LogP contribution in [0, 0.1) is 0 Å². The summed E-state index contributed by atoms with van der Waals surface area (Å²) in [5, 5.41) is 4.39. The zero-order valence-corrected chi connectivity index (χ0v) is 17.1. The fourth-order valence-electron chi connectivity index (χ4n) is 2.84. The van der Waals surface area contributed by atoms with E-state index in [1.165, 1.54) is 5.56 Å². The van der Waals surface area contributed by atoms with Gasteiger partial charge in [0.1, 0.15) is 0 Å². The maximum atomic E-state index is 12.6. The van der Waals surface area contributed by atoms with E-state index in [0.29, 0.717) is 11.3 Å². The maximum absolute atomic E-state index is 12.6. The Hall–Kier alpha value is -3.46. The van der Waals surface area contributed by atoms with E-state index in [1.54, 1.807) is 0 Å². The lowest BCUT2D eigenvalue weighted by Crippen LogP contribution is -2.20. The molecule has 3 nitrogen and oxygen atoms in total. The number of amides is 1. The maximum Gasteiger partial charge on any atom is 0.271 e. The Morgan fingerprint density at radius 1 is 0.793 bits per heavy atom. The second-order valence-corrected chi connectivity index (χ2v) is 7.88. The number of rotatable bonds is 5. The lowest BCUT2D eigenvalue weighted by atomic mass is 9.87. The van der Waals surface area contributed by atoms with Crippen LogP contribution in [-0.4, -0.2) is 11.6 Å². The fourth-order valence-corrected chi connectivity index (χ4v) is 2.84. The van der Waals surface area contributed by atoms with E-state index in [1.807, 2.05) is 97.1 Å². The summed E-state index contributed by atoms with van der Waals surface area (Å²) in [4.78, 5) is 12.6. The monoisotopic (exact) mass is 382 g/mol. The molecule has 3 aromatic carbocycles. The lowest BCUT2D eigenvalue weighted by molar-refractivity contribution is 0.0955. The van der Waals surface area contributed by atoms with Gasteiger partial charge in [0.2, 0.25) is 0 Å². The number of benzene rings is 3. The molecule has 0 aliphatic rings. The molecule has 3 aromatic rings. The van der Waals surface area contributed by atoms with Crippen LogP contribution in [0.3, 0.4) is 0 Å². The third-order valence-electron chi connectivity index (χ3n) is 4.59. The molecule has 0 fully saturated rings. The highest BCUT2D eigenvalue weighted by atomic mass is 16.2. The third kappa shape index (κ3) is 5.76. The Kier molecular flexibility index (Phi) is 6.40. The zero-order chi connectivity index (χ0) is 20.7. The molecule has 3 rings (SSSR count). The number of hydrogen-bond acceptors (Lipinski definition) is 2. The van der Waals surface area contributed by atoms with Crippen molar-refractivity contribution in [3.63, 3.8) is 0 Å². The van der Waals surface area contributed by atoms with E-state index in [0.717, 1.165) is 11.1 Å². The molecule has 0 saturated carbocycles. The largest absolute Gasteiger partial charge is 0.271 e. The predicted octanol–water partition coefficient (Wildman–Crippen LogP) is 5.83. The molecule has 0 bridgehead atoms. The Balaban J connectivity index is 1.80. The van der Waals surface area contributed by atoms with Gasteiger partial charge in [-0.3, -0.25) is 4.79 Å². The molecule has 1 N–H and O–H groups in total. The number of nitrogens with one attached hydrogen (secondary N) is 1. The third-order valence-corrected chi connectivity index (χ3v) is 4.59. The van der Waals surface area contributed by atoms with Crippen LogP contribution >= 0.6 is 0 Å². The second-order valence-electron chi connectivity index (χ2n) is 7.88. The van der Waals surface area contributed by atoms with Crippen molar-refractivity contribution in [2.45, 2.75) is 26.2 Å². The number of carbonyl (C=O) groups excluding carboxylic acids is 1. The predicted molar refractivity (Wildman–Crippen MR) is 121 cm³/mol. The standard InChI is InChI=1S/C26H26N2O/c1-26(2,3)23-17-15-22(16-18-23)25(29)28-27-24(21-12-8-5-9-13-21)19-14-20-10-6-4-7-11-20/h4-19H,1-3H3,(H,28,29)/b19-14+,27-24?. The van der Waals surface area contributed by atoms with Gasteiger partial charge >= 0.3 is 0 Å². The van der Waals surface area contributed by atoms with Crippen LogP contribution in [0.5, 0.6) is 0 Å². The molecule has 0 heterocycles. The molecule has 0 atom stereocenters. The van der Waals surface area contributed by atoms with Gasteiger partial charge < -0.3 is 0 Å². The van der Waals surface area contributed by atoms with E-state index in [9.17, 15) is 4.79 Å². The van der Waals surface area contributed by atoms with Crippen molar-refractivity contribution >= 4 is 17.7 Å². The summed E-state index contributed by atoms with van der Waals surface area (Å²) < 4.78 is 0. The number of hydrogen-bond donors (Lipinski definition) is 1. The first-order valence-corrected chi connectivity index (χ1v) is 9.70. The molecule has 1 amide bonds. The highest BCUT2D eigenvalue weighted by molar-refractivity contribution is 6.11. The summed E-state index contributed by atoms with van der Waals surface area (Å²) in [6.07, 6.45) is 3.89. The average Bonchev–Trinajstić information content (AvgIpc) is 2.74. The van der Waals surface area contributed by atoms with E-state index in [4.69, 9.17) is 0 Å². The Morgan fingerprint density at radius 2 is 1.38 bits per heavy atom. The SMILES string of the molecule is CC(C)(C)c1ccc(C(=O)NN=C(/C=C/c2ccccc2)c2ccccc2)cc1. The molecule has 0 radical (unpaired) electrons. The normalized spacial score (nSPS) is 12.2. The Bertz CT molecular complexity index is 996. The van der Waals surface area contributed by atoms with Gasteiger partial charge in [-0.2, -0.15) is 5.10 Å². The van der Waals surface area contributed by atoms with Gasteiger partial charge in [0.05, 0.1) is 5.71 Å². The molecule has 0 aliphatic carbocycles. The van der Waals surface area contributed by atoms with Crippen molar-refractivity contribution in [2.24, 2.45) is 5.10 Å². The second kappa shape index (κ2) is 9.16. The number of allylic oxidation sites excluding steroid dienone is 1. The van der Waals surface area contributed by atoms with Gasteiger partial charge in [-0.1, -0.05) is 99.6 Å². The van der Waals surface area contributed by atoms with Crippen LogP contribution in [0.1, 0.15) is 47.8 Å². The van der Waals surface area contributed by atoms with Crippen LogP contribution in [0.2, 0.25) is 0 Å². The summed E-state index contributed by atoms with van der Waals surface area (Å²) in [7, 11) is 0. The van der Waals surface area contributed by atoms with Crippen LogP contribution < -0.4 is 5.43 Å². The van der Waals surface area contributed by atoms with Crippen LogP contribution in [0.15, 0.2) is 96.1 Å². The first-order chi connectivity index (χ1) is 13.9. The fraction of sp³-hybridized carbons (Fsp3) is 0.154. The van der Waals surface area contributed by atoms with Crippen molar-refractivity contribution < 1.29 is 4.79 Å². The van der Waals surface area contributed by atoms with E-state index >= 15 is 0 Å². The zero-order valence-electron chi connectivity index (χ0n) is 17.1. The highest BCUT2D eigenvalue weighted by Gasteiger charge is 2.14. The molecule has 146 valence electrons. The minimum absolute atomic E-state index is 0.0515. The first kappa shape index (κ1) is 20.3. The van der Waals surface area contributed by atoms with Gasteiger partial charge in [0.15, 0.2) is 0 Å². The van der Waals surface area contributed by atoms with Crippen molar-refractivity contribution in [1.82, 2.24) is 5.43 Å². The Labute approximate surface area is 172 Å². The molecular weight excluding hydrogens is 356 g/mol. The molecule has 29 heavy (non-hydrogen) atoms. The molecule has 0 aliphatic heterocycles. The molecule has 0 saturated heterocycles. The van der Waals surface area contributed by atoms with E-state index in [-0.39, 0.29) is 11.3 Å². The number of hydrazone groups is 1. The molecule has 0 unspecified atom stereocenters. The molecule has 0 aromatic heterocycles. The van der Waals surface area contributed by atoms with E-state index in [2.05, 4.69) is 31.3 Å². The molecule has 3 heteroatoms. The van der Waals surface area contributed by atoms with Crippen molar-refractivity contribution in [1.29, 1.82) is 0 Å². The van der Waals surface area contributed by atoms with Gasteiger partial charge in [-0.05, 0) is 34.8 Å². The minimum atomic E-state index is -0.230. The van der Waals surface area contributed by atoms with Gasteiger partial charge in [0, 0.05) is 11.1 Å². The summed E-state index contributed by atoms with van der Waals surface area (Å²) in [5.74, 6) is -0.230. The summed E-state index contributed by atoms with van der Waals surface area (Å²) >= 11 is 0. The van der Waals surface area contributed by atoms with Crippen LogP contribution in [0.4, 0.5) is 0 Å². The summed E-state index contributed by atoms with van der Waals surface area (Å²) in [6, 6.07) is 27.5. The molecular formula is C26H26N2O. The smallest absolute Gasteiger partial charge is 0.267 e. The number of nitrogens with zero attached hydrogens (tertiary/aromatic N) is 1. The topological polar surface area (TPSA) is 41.5 Å². The number of carbonyl (C=O) groups is 1. The van der Waals surface area contributed by atoms with Crippen molar-refractivity contribution in [2.75, 3.05) is 0 Å². The average molecular weight is 383 g/mol. The van der Waals surface area contributed by atoms with Crippen LogP contribution in [0.25, 0.3) is 6.08 Å². The summed E-state index contributed by atoms with van der Waals surface area (Å²) in [5.41, 5.74) is 7.21. The minimum Gasteiger partial charge on any atom is -0.267 e. The lowest BCUT2D eigenvalue weighted by Gasteiger charge is -2.18. The van der Waals surface area contributed by atoms with Crippen LogP contribution in [-0.2, 0) is 5.41 Å². The van der Waals surface area contributed by atoms with E-state index < -0.39 is 0 Å². The molecule has 0 spiro atoms. The quantitative estimate of drug-likeness (QED) is 0.438. The summed E-state index contributed by atoms with van der Waals surface area (Å²) in [6.45, 7) is 6.45. The first-order valence-electron chi connectivity index (χ1n) is 9.70. The van der Waals surface area contributed by atoms with Gasteiger partial charge in [-0.25, -0.2) is 5.43 Å². The Morgan fingerprint density at radius 3 is 1.97 bits per heavy atom. The highest BCUT2D eigenvalue weighted by Crippen LogP contribution is 2.22. The van der Waals surface area contributed by atoms with Gasteiger partial charge in [0.25, 0.3) is 5.91 Å². The van der Waals surface area contributed by atoms with Crippen molar-refractivity contribution in [3.8, 4) is 0 Å². The van der Waals surface area contributed by atoms with Gasteiger partial charge in [-0.15, -0.1) is 0 Å².